The summed E-state index contributed by atoms with van der Waals surface area (Å²) >= 11 is 3.45. The predicted octanol–water partition coefficient (Wildman–Crippen LogP) is 4.67. The molecule has 0 N–H and O–H groups in total. The van der Waals surface area contributed by atoms with Gasteiger partial charge in [0.15, 0.2) is 17.2 Å². The van der Waals surface area contributed by atoms with Gasteiger partial charge in [-0.2, -0.15) is 0 Å². The van der Waals surface area contributed by atoms with Gasteiger partial charge in [-0.05, 0) is 64.3 Å². The summed E-state index contributed by atoms with van der Waals surface area (Å²) in [6.07, 6.45) is 1.55. The number of ether oxygens (including phenoxy) is 3. The molecule has 8 nitrogen and oxygen atoms in total. The molecule has 30 heavy (non-hydrogen) atoms. The minimum Gasteiger partial charge on any atom is -0.493 e. The number of aliphatic imine (C=N–C) groups is 1. The number of esters is 1. The van der Waals surface area contributed by atoms with E-state index in [9.17, 15) is 14.9 Å². The van der Waals surface area contributed by atoms with E-state index in [1.54, 1.807) is 18.2 Å². The van der Waals surface area contributed by atoms with Crippen molar-refractivity contribution in [3.63, 3.8) is 0 Å². The van der Waals surface area contributed by atoms with Crippen LogP contribution in [0.1, 0.15) is 18.1 Å². The highest BCUT2D eigenvalue weighted by atomic mass is 79.9. The third-order valence-corrected chi connectivity index (χ3v) is 4.55. The first kappa shape index (κ1) is 21.3. The monoisotopic (exact) mass is 472 g/mol. The zero-order valence-electron chi connectivity index (χ0n) is 16.2. The second-order valence-electron chi connectivity index (χ2n) is 6.42. The lowest BCUT2D eigenvalue weighted by Gasteiger charge is -2.13. The average molecular weight is 473 g/mol. The number of nitrogens with zero attached hydrogens (tertiary/aromatic N) is 2. The van der Waals surface area contributed by atoms with Crippen LogP contribution in [0.15, 0.2) is 63.7 Å². The summed E-state index contributed by atoms with van der Waals surface area (Å²) in [6.45, 7) is 6.00. The lowest BCUT2D eigenvalue weighted by atomic mass is 10.1. The second kappa shape index (κ2) is 8.91. The number of methoxy groups -OCH3 is 1. The Bertz CT molecular complexity index is 1090. The molecule has 0 spiro atoms. The van der Waals surface area contributed by atoms with E-state index in [-0.39, 0.29) is 17.3 Å². The molecule has 0 aliphatic carbocycles. The number of non-ortho nitro benzene ring substituents is 1. The maximum atomic E-state index is 12.2. The lowest BCUT2D eigenvalue weighted by Crippen LogP contribution is -2.05. The van der Waals surface area contributed by atoms with Gasteiger partial charge in [0.1, 0.15) is 6.61 Å². The van der Waals surface area contributed by atoms with E-state index in [1.807, 2.05) is 6.92 Å². The fourth-order valence-electron chi connectivity index (χ4n) is 2.57. The normalized spacial score (nSPS) is 14.3. The number of cyclic esters (lactones) is 1. The summed E-state index contributed by atoms with van der Waals surface area (Å²) in [5.41, 5.74) is 1.98. The van der Waals surface area contributed by atoms with E-state index in [1.165, 1.54) is 31.4 Å². The molecule has 0 atom stereocenters. The molecule has 1 aliphatic rings. The van der Waals surface area contributed by atoms with Crippen molar-refractivity contribution in [1.29, 1.82) is 0 Å². The third kappa shape index (κ3) is 4.74. The van der Waals surface area contributed by atoms with Crippen LogP contribution in [-0.4, -0.2) is 30.5 Å². The summed E-state index contributed by atoms with van der Waals surface area (Å²) in [5, 5.41) is 10.8. The fourth-order valence-corrected chi connectivity index (χ4v) is 3.15. The molecule has 9 heteroatoms. The Morgan fingerprint density at radius 1 is 1.33 bits per heavy atom. The first-order chi connectivity index (χ1) is 14.3. The van der Waals surface area contributed by atoms with E-state index in [4.69, 9.17) is 14.2 Å². The van der Waals surface area contributed by atoms with Crippen LogP contribution in [0, 0.1) is 10.1 Å². The van der Waals surface area contributed by atoms with Crippen molar-refractivity contribution in [3.8, 4) is 11.5 Å². The summed E-state index contributed by atoms with van der Waals surface area (Å²) in [7, 11) is 1.51. The van der Waals surface area contributed by atoms with Crippen molar-refractivity contribution < 1.29 is 23.9 Å². The number of nitro groups is 1. The first-order valence-electron chi connectivity index (χ1n) is 8.70. The van der Waals surface area contributed by atoms with Gasteiger partial charge in [-0.15, -0.1) is 0 Å². The third-order valence-electron chi connectivity index (χ3n) is 3.96. The van der Waals surface area contributed by atoms with Crippen molar-refractivity contribution in [2.24, 2.45) is 4.99 Å². The van der Waals surface area contributed by atoms with Crippen LogP contribution in [0.3, 0.4) is 0 Å². The van der Waals surface area contributed by atoms with Crippen LogP contribution >= 0.6 is 15.9 Å². The van der Waals surface area contributed by atoms with Crippen LogP contribution in [-0.2, 0) is 9.53 Å². The van der Waals surface area contributed by atoms with Gasteiger partial charge in [-0.1, -0.05) is 6.58 Å². The summed E-state index contributed by atoms with van der Waals surface area (Å²) in [4.78, 5) is 26.7. The molecule has 0 bridgehead atoms. The minimum atomic E-state index is -0.624. The summed E-state index contributed by atoms with van der Waals surface area (Å²) < 4.78 is 16.9. The largest absolute Gasteiger partial charge is 0.493 e. The van der Waals surface area contributed by atoms with Crippen LogP contribution in [0.5, 0.6) is 11.5 Å². The van der Waals surface area contributed by atoms with Crippen LogP contribution in [0.4, 0.5) is 5.69 Å². The molecule has 2 aromatic rings. The first-order valence-corrected chi connectivity index (χ1v) is 9.50. The van der Waals surface area contributed by atoms with Gasteiger partial charge >= 0.3 is 5.97 Å². The Kier molecular flexibility index (Phi) is 6.31. The molecule has 154 valence electrons. The van der Waals surface area contributed by atoms with Crippen LogP contribution in [0.25, 0.3) is 6.08 Å². The number of hydrogen-bond donors (Lipinski definition) is 0. The number of carbonyl (C=O) groups excluding carboxylic acids is 1. The van der Waals surface area contributed by atoms with Gasteiger partial charge in [-0.3, -0.25) is 10.1 Å². The van der Waals surface area contributed by atoms with E-state index in [2.05, 4.69) is 27.5 Å². The number of rotatable bonds is 7. The summed E-state index contributed by atoms with van der Waals surface area (Å²) in [6, 6.07) is 9.05. The van der Waals surface area contributed by atoms with Gasteiger partial charge in [0.05, 0.1) is 16.5 Å². The Morgan fingerprint density at radius 3 is 2.63 bits per heavy atom. The van der Waals surface area contributed by atoms with E-state index >= 15 is 0 Å². The van der Waals surface area contributed by atoms with Crippen molar-refractivity contribution >= 4 is 39.6 Å². The maximum Gasteiger partial charge on any atom is 0.363 e. The van der Waals surface area contributed by atoms with Crippen molar-refractivity contribution in [1.82, 2.24) is 0 Å². The second-order valence-corrected chi connectivity index (χ2v) is 7.27. The number of benzene rings is 2. The van der Waals surface area contributed by atoms with Crippen LogP contribution in [0.2, 0.25) is 0 Å². The van der Waals surface area contributed by atoms with Gasteiger partial charge in [-0.25, -0.2) is 9.79 Å². The molecule has 0 fully saturated rings. The zero-order valence-corrected chi connectivity index (χ0v) is 17.8. The van der Waals surface area contributed by atoms with Crippen molar-refractivity contribution in [2.45, 2.75) is 6.92 Å². The summed E-state index contributed by atoms with van der Waals surface area (Å²) in [5.74, 6) is 0.449. The zero-order chi connectivity index (χ0) is 21.8. The molecule has 0 amide bonds. The van der Waals surface area contributed by atoms with Gasteiger partial charge in [0.2, 0.25) is 5.90 Å². The maximum absolute atomic E-state index is 12.2. The molecule has 0 unspecified atom stereocenters. The van der Waals surface area contributed by atoms with E-state index in [0.717, 1.165) is 5.57 Å². The molecule has 3 rings (SSSR count). The highest BCUT2D eigenvalue weighted by Gasteiger charge is 2.25. The standard InChI is InChI=1S/C21H17BrN2O6/c1-12(2)11-29-19-16(22)8-13(10-18(19)28-3)9-17-21(25)30-20(23-17)14-4-6-15(7-5-14)24(26)27/h4-10H,1,11H2,2-3H3. The molecule has 0 saturated carbocycles. The smallest absolute Gasteiger partial charge is 0.363 e. The van der Waals surface area contributed by atoms with Crippen LogP contribution < -0.4 is 9.47 Å². The van der Waals surface area contributed by atoms with Crippen molar-refractivity contribution in [2.75, 3.05) is 13.7 Å². The molecule has 1 aliphatic heterocycles. The van der Waals surface area contributed by atoms with Crippen molar-refractivity contribution in [3.05, 3.63) is 80.0 Å². The quantitative estimate of drug-likeness (QED) is 0.191. The minimum absolute atomic E-state index is 0.0645. The molecule has 1 heterocycles. The molecule has 0 radical (unpaired) electrons. The number of nitro benzene ring substituents is 1. The molecule has 0 aromatic heterocycles. The molecule has 0 saturated heterocycles. The topological polar surface area (TPSA) is 100 Å². The van der Waals surface area contributed by atoms with Gasteiger partial charge in [0, 0.05) is 17.7 Å². The molecular weight excluding hydrogens is 456 g/mol. The Morgan fingerprint density at radius 2 is 2.03 bits per heavy atom. The van der Waals surface area contributed by atoms with Gasteiger partial charge in [0.25, 0.3) is 5.69 Å². The molecular formula is C21H17BrN2O6. The van der Waals surface area contributed by atoms with E-state index in [0.29, 0.717) is 33.7 Å². The Hall–Kier alpha value is -3.46. The number of carbonyl (C=O) groups is 1. The number of halogens is 1. The highest BCUT2D eigenvalue weighted by Crippen LogP contribution is 2.37. The van der Waals surface area contributed by atoms with E-state index < -0.39 is 10.9 Å². The SMILES string of the molecule is C=C(C)COc1c(Br)cc(C=C2N=C(c3ccc([N+](=O)[O-])cc3)OC2=O)cc1OC. The highest BCUT2D eigenvalue weighted by molar-refractivity contribution is 9.10. The Balaban J connectivity index is 1.90. The average Bonchev–Trinajstić information content (AvgIpc) is 3.07. The fraction of sp³-hybridized carbons (Fsp3) is 0.143. The Labute approximate surface area is 180 Å². The van der Waals surface area contributed by atoms with Gasteiger partial charge < -0.3 is 14.2 Å². The molecule has 2 aromatic carbocycles. The predicted molar refractivity (Wildman–Crippen MR) is 115 cm³/mol. The number of hydrogen-bond acceptors (Lipinski definition) is 7. The lowest BCUT2D eigenvalue weighted by molar-refractivity contribution is -0.384.